The molecular weight excluding hydrogens is 268 g/mol. The van der Waals surface area contributed by atoms with E-state index in [0.717, 1.165) is 37.4 Å². The Labute approximate surface area is 116 Å². The van der Waals surface area contributed by atoms with E-state index in [-0.39, 0.29) is 16.8 Å². The third kappa shape index (κ3) is 5.42. The summed E-state index contributed by atoms with van der Waals surface area (Å²) in [6, 6.07) is 0. The summed E-state index contributed by atoms with van der Waals surface area (Å²) in [5.74, 6) is -2.80. The van der Waals surface area contributed by atoms with Crippen molar-refractivity contribution in [3.63, 3.8) is 0 Å². The number of hydrogen-bond acceptors (Lipinski definition) is 4. The minimum atomic E-state index is -1.02. The molecule has 1 heterocycles. The zero-order valence-electron chi connectivity index (χ0n) is 10.8. The SMILES string of the molecule is CCCCCCC1C(=O)N=C(SCC(=O)O)NC1=O. The van der Waals surface area contributed by atoms with E-state index in [2.05, 4.69) is 17.2 Å². The fourth-order valence-electron chi connectivity index (χ4n) is 1.74. The Morgan fingerprint density at radius 2 is 2.11 bits per heavy atom. The lowest BCUT2D eigenvalue weighted by Gasteiger charge is -2.19. The lowest BCUT2D eigenvalue weighted by atomic mass is 9.98. The van der Waals surface area contributed by atoms with Gasteiger partial charge in [-0.2, -0.15) is 4.99 Å². The largest absolute Gasteiger partial charge is 0.481 e. The van der Waals surface area contributed by atoms with Crippen molar-refractivity contribution in [1.29, 1.82) is 0 Å². The van der Waals surface area contributed by atoms with E-state index in [9.17, 15) is 14.4 Å². The highest BCUT2D eigenvalue weighted by Gasteiger charge is 2.31. The molecule has 1 unspecified atom stereocenters. The van der Waals surface area contributed by atoms with Crippen molar-refractivity contribution < 1.29 is 19.5 Å². The molecule has 0 fully saturated rings. The molecular formula is C12H18N2O4S. The first-order valence-electron chi connectivity index (χ1n) is 6.32. The molecule has 0 spiro atoms. The predicted molar refractivity (Wildman–Crippen MR) is 72.9 cm³/mol. The number of nitrogens with one attached hydrogen (secondary N) is 1. The summed E-state index contributed by atoms with van der Waals surface area (Å²) >= 11 is 0.845. The number of thioether (sulfide) groups is 1. The average molecular weight is 286 g/mol. The van der Waals surface area contributed by atoms with Gasteiger partial charge in [-0.1, -0.05) is 44.4 Å². The van der Waals surface area contributed by atoms with Gasteiger partial charge in [0.05, 0.1) is 5.75 Å². The molecule has 0 aromatic carbocycles. The first kappa shape index (κ1) is 15.7. The van der Waals surface area contributed by atoms with Crippen LogP contribution in [0.15, 0.2) is 4.99 Å². The van der Waals surface area contributed by atoms with Crippen molar-refractivity contribution in [2.75, 3.05) is 5.75 Å². The van der Waals surface area contributed by atoms with Crippen molar-refractivity contribution in [1.82, 2.24) is 5.32 Å². The highest BCUT2D eigenvalue weighted by atomic mass is 32.2. The molecule has 1 aliphatic rings. The summed E-state index contributed by atoms with van der Waals surface area (Å²) in [4.78, 5) is 37.6. The predicted octanol–water partition coefficient (Wildman–Crippen LogP) is 1.40. The molecule has 0 aliphatic carbocycles. The molecule has 7 heteroatoms. The van der Waals surface area contributed by atoms with Crippen LogP contribution in [0.25, 0.3) is 0 Å². The zero-order valence-corrected chi connectivity index (χ0v) is 11.7. The number of nitrogens with zero attached hydrogens (tertiary/aromatic N) is 1. The Bertz CT molecular complexity index is 395. The molecule has 0 saturated carbocycles. The van der Waals surface area contributed by atoms with Gasteiger partial charge in [-0.15, -0.1) is 0 Å². The zero-order chi connectivity index (χ0) is 14.3. The Balaban J connectivity index is 2.48. The van der Waals surface area contributed by atoms with Gasteiger partial charge in [0.25, 0.3) is 5.91 Å². The summed E-state index contributed by atoms with van der Waals surface area (Å²) in [5, 5.41) is 11.1. The van der Waals surface area contributed by atoms with Crippen molar-refractivity contribution in [2.45, 2.75) is 39.0 Å². The Hall–Kier alpha value is -1.37. The van der Waals surface area contributed by atoms with Crippen molar-refractivity contribution >= 4 is 34.7 Å². The Kier molecular flexibility index (Phi) is 6.55. The molecule has 106 valence electrons. The second-order valence-electron chi connectivity index (χ2n) is 4.33. The van der Waals surface area contributed by atoms with Crippen LogP contribution >= 0.6 is 11.8 Å². The van der Waals surface area contributed by atoms with Crippen molar-refractivity contribution in [3.05, 3.63) is 0 Å². The molecule has 6 nitrogen and oxygen atoms in total. The lowest BCUT2D eigenvalue weighted by Crippen LogP contribution is -2.43. The van der Waals surface area contributed by atoms with E-state index >= 15 is 0 Å². The topological polar surface area (TPSA) is 95.8 Å². The Morgan fingerprint density at radius 3 is 2.68 bits per heavy atom. The van der Waals surface area contributed by atoms with Gasteiger partial charge >= 0.3 is 5.97 Å². The number of carbonyl (C=O) groups excluding carboxylic acids is 2. The minimum Gasteiger partial charge on any atom is -0.481 e. The summed E-state index contributed by atoms with van der Waals surface area (Å²) in [6.07, 6.45) is 4.51. The number of aliphatic imine (C=N–C) groups is 1. The monoisotopic (exact) mass is 286 g/mol. The maximum atomic E-state index is 11.7. The van der Waals surface area contributed by atoms with Crippen LogP contribution in [0, 0.1) is 5.92 Å². The summed E-state index contributed by atoms with van der Waals surface area (Å²) < 4.78 is 0. The van der Waals surface area contributed by atoms with Gasteiger partial charge in [-0.3, -0.25) is 14.4 Å². The van der Waals surface area contributed by atoms with E-state index in [1.54, 1.807) is 0 Å². The molecule has 1 aliphatic heterocycles. The molecule has 2 N–H and O–H groups in total. The average Bonchev–Trinajstić information content (AvgIpc) is 2.34. The number of unbranched alkanes of at least 4 members (excludes halogenated alkanes) is 3. The molecule has 1 atom stereocenters. The fraction of sp³-hybridized carbons (Fsp3) is 0.667. The number of carbonyl (C=O) groups is 3. The number of carboxylic acid groups (broad SMARTS) is 1. The normalized spacial score (nSPS) is 19.0. The number of rotatable bonds is 7. The molecule has 0 aromatic heterocycles. The van der Waals surface area contributed by atoms with Crippen LogP contribution in [0.3, 0.4) is 0 Å². The van der Waals surface area contributed by atoms with E-state index in [4.69, 9.17) is 5.11 Å². The van der Waals surface area contributed by atoms with Crippen LogP contribution in [0.2, 0.25) is 0 Å². The van der Waals surface area contributed by atoms with E-state index in [1.165, 1.54) is 0 Å². The van der Waals surface area contributed by atoms with Crippen LogP contribution in [0.4, 0.5) is 0 Å². The van der Waals surface area contributed by atoms with Gasteiger partial charge in [-0.05, 0) is 6.42 Å². The smallest absolute Gasteiger partial charge is 0.313 e. The number of amides is 2. The van der Waals surface area contributed by atoms with E-state index in [0.29, 0.717) is 6.42 Å². The van der Waals surface area contributed by atoms with Crippen molar-refractivity contribution in [2.24, 2.45) is 10.9 Å². The lowest BCUT2D eigenvalue weighted by molar-refractivity contribution is -0.135. The molecule has 0 bridgehead atoms. The molecule has 0 aromatic rings. The molecule has 0 saturated heterocycles. The van der Waals surface area contributed by atoms with Crippen LogP contribution in [0.1, 0.15) is 39.0 Å². The van der Waals surface area contributed by atoms with Crippen LogP contribution in [-0.4, -0.2) is 33.8 Å². The van der Waals surface area contributed by atoms with Gasteiger partial charge in [0.15, 0.2) is 5.17 Å². The molecule has 1 rings (SSSR count). The third-order valence-electron chi connectivity index (χ3n) is 2.74. The van der Waals surface area contributed by atoms with Gasteiger partial charge in [0.2, 0.25) is 5.91 Å². The van der Waals surface area contributed by atoms with Gasteiger partial charge in [0.1, 0.15) is 5.92 Å². The van der Waals surface area contributed by atoms with Crippen molar-refractivity contribution in [3.8, 4) is 0 Å². The van der Waals surface area contributed by atoms with E-state index in [1.807, 2.05) is 0 Å². The number of aliphatic carboxylic acids is 1. The standard InChI is InChI=1S/C12H18N2O4S/c1-2-3-4-5-6-8-10(17)13-12(14-11(8)18)19-7-9(15)16/h8H,2-7H2,1H3,(H,15,16)(H,13,14,17,18). The van der Waals surface area contributed by atoms with E-state index < -0.39 is 17.8 Å². The molecule has 19 heavy (non-hydrogen) atoms. The molecule has 0 radical (unpaired) electrons. The first-order valence-corrected chi connectivity index (χ1v) is 7.31. The summed E-state index contributed by atoms with van der Waals surface area (Å²) in [6.45, 7) is 2.09. The summed E-state index contributed by atoms with van der Waals surface area (Å²) in [7, 11) is 0. The maximum absolute atomic E-state index is 11.7. The number of hydrogen-bond donors (Lipinski definition) is 2. The first-order chi connectivity index (χ1) is 9.04. The fourth-order valence-corrected chi connectivity index (χ4v) is 2.33. The Morgan fingerprint density at radius 1 is 1.37 bits per heavy atom. The second-order valence-corrected chi connectivity index (χ2v) is 5.29. The van der Waals surface area contributed by atoms with Crippen LogP contribution in [0.5, 0.6) is 0 Å². The quantitative estimate of drug-likeness (QED) is 0.545. The van der Waals surface area contributed by atoms with Gasteiger partial charge in [0, 0.05) is 0 Å². The number of amidine groups is 1. The maximum Gasteiger partial charge on any atom is 0.313 e. The highest BCUT2D eigenvalue weighted by molar-refractivity contribution is 8.14. The van der Waals surface area contributed by atoms with Crippen LogP contribution in [-0.2, 0) is 14.4 Å². The summed E-state index contributed by atoms with van der Waals surface area (Å²) in [5.41, 5.74) is 0. The van der Waals surface area contributed by atoms with Crippen LogP contribution < -0.4 is 5.32 Å². The van der Waals surface area contributed by atoms with Gasteiger partial charge < -0.3 is 10.4 Å². The molecule has 2 amide bonds. The highest BCUT2D eigenvalue weighted by Crippen LogP contribution is 2.18. The number of carboxylic acids is 1. The third-order valence-corrected chi connectivity index (χ3v) is 3.59. The minimum absolute atomic E-state index is 0.0854. The second kappa shape index (κ2) is 7.93. The van der Waals surface area contributed by atoms with Gasteiger partial charge in [-0.25, -0.2) is 0 Å².